The monoisotopic (exact) mass is 750 g/mol. The lowest BCUT2D eigenvalue weighted by Crippen LogP contribution is -2.53. The number of carbonyl (C=O) groups excluding carboxylic acids is 1. The molecule has 0 aromatic carbocycles. The van der Waals surface area contributed by atoms with Gasteiger partial charge in [-0.05, 0) is 64.2 Å². The SMILES string of the molecule is CCCCCC/C=C\CCCCCCCCC(O)C(=O)NC(CO)C(O)C(O)CCC/C=C/CCCCCCCCCCCCCCCCCCCC. The van der Waals surface area contributed by atoms with Gasteiger partial charge in [-0.3, -0.25) is 4.79 Å². The van der Waals surface area contributed by atoms with E-state index in [-0.39, 0.29) is 0 Å². The van der Waals surface area contributed by atoms with Gasteiger partial charge in [0.15, 0.2) is 0 Å². The first-order valence-electron chi connectivity index (χ1n) is 23.2. The van der Waals surface area contributed by atoms with Gasteiger partial charge in [-0.25, -0.2) is 0 Å². The highest BCUT2D eigenvalue weighted by Crippen LogP contribution is 2.16. The predicted octanol–water partition coefficient (Wildman–Crippen LogP) is 12.4. The van der Waals surface area contributed by atoms with Gasteiger partial charge in [0, 0.05) is 0 Å². The third-order valence-electron chi connectivity index (χ3n) is 10.9. The van der Waals surface area contributed by atoms with E-state index in [1.807, 2.05) is 0 Å². The van der Waals surface area contributed by atoms with Gasteiger partial charge in [-0.1, -0.05) is 199 Å². The van der Waals surface area contributed by atoms with Gasteiger partial charge in [-0.2, -0.15) is 0 Å². The maximum Gasteiger partial charge on any atom is 0.249 e. The molecule has 0 saturated carbocycles. The lowest BCUT2D eigenvalue weighted by molar-refractivity contribution is -0.132. The van der Waals surface area contributed by atoms with Crippen LogP contribution in [0.2, 0.25) is 0 Å². The highest BCUT2D eigenvalue weighted by molar-refractivity contribution is 5.80. The predicted molar refractivity (Wildman–Crippen MR) is 228 cm³/mol. The largest absolute Gasteiger partial charge is 0.394 e. The molecule has 5 N–H and O–H groups in total. The van der Waals surface area contributed by atoms with E-state index in [0.717, 1.165) is 44.9 Å². The quantitative estimate of drug-likeness (QED) is 0.0315. The summed E-state index contributed by atoms with van der Waals surface area (Å²) in [5, 5.41) is 43.7. The average Bonchev–Trinajstić information content (AvgIpc) is 3.16. The van der Waals surface area contributed by atoms with E-state index in [1.165, 1.54) is 167 Å². The average molecular weight is 750 g/mol. The fourth-order valence-corrected chi connectivity index (χ4v) is 7.16. The van der Waals surface area contributed by atoms with Gasteiger partial charge in [-0.15, -0.1) is 0 Å². The summed E-state index contributed by atoms with van der Waals surface area (Å²) in [6.07, 6.45) is 47.9. The van der Waals surface area contributed by atoms with Crippen molar-refractivity contribution in [3.8, 4) is 0 Å². The Balaban J connectivity index is 3.72. The number of nitrogens with one attached hydrogen (secondary N) is 1. The Hall–Kier alpha value is -1.21. The zero-order valence-electron chi connectivity index (χ0n) is 35.3. The summed E-state index contributed by atoms with van der Waals surface area (Å²) < 4.78 is 0. The van der Waals surface area contributed by atoms with Crippen LogP contribution in [0.25, 0.3) is 0 Å². The first-order valence-corrected chi connectivity index (χ1v) is 23.2. The molecule has 0 bridgehead atoms. The normalized spacial score (nSPS) is 14.3. The lowest BCUT2D eigenvalue weighted by atomic mass is 10.00. The summed E-state index contributed by atoms with van der Waals surface area (Å²) in [5.41, 5.74) is 0. The van der Waals surface area contributed by atoms with Crippen LogP contribution >= 0.6 is 0 Å². The van der Waals surface area contributed by atoms with Crippen molar-refractivity contribution in [3.05, 3.63) is 24.3 Å². The van der Waals surface area contributed by atoms with Crippen LogP contribution in [0.3, 0.4) is 0 Å². The van der Waals surface area contributed by atoms with E-state index in [1.54, 1.807) is 0 Å². The third kappa shape index (κ3) is 36.2. The highest BCUT2D eigenvalue weighted by Gasteiger charge is 2.28. The minimum atomic E-state index is -1.28. The van der Waals surface area contributed by atoms with Gasteiger partial charge < -0.3 is 25.7 Å². The fraction of sp³-hybridized carbons (Fsp3) is 0.894. The Kier molecular flexibility index (Phi) is 41.0. The minimum absolute atomic E-state index is 0.356. The molecular weight excluding hydrogens is 659 g/mol. The van der Waals surface area contributed by atoms with E-state index < -0.39 is 36.9 Å². The van der Waals surface area contributed by atoms with Gasteiger partial charge in [0.2, 0.25) is 5.91 Å². The van der Waals surface area contributed by atoms with Crippen molar-refractivity contribution in [2.24, 2.45) is 0 Å². The van der Waals surface area contributed by atoms with Crippen LogP contribution in [0.1, 0.15) is 239 Å². The fourth-order valence-electron chi connectivity index (χ4n) is 7.16. The van der Waals surface area contributed by atoms with Crippen LogP contribution in [-0.2, 0) is 4.79 Å². The van der Waals surface area contributed by atoms with E-state index >= 15 is 0 Å². The second kappa shape index (κ2) is 41.9. The number of carbonyl (C=O) groups is 1. The molecule has 4 unspecified atom stereocenters. The number of amides is 1. The number of hydrogen-bond donors (Lipinski definition) is 5. The van der Waals surface area contributed by atoms with E-state index in [9.17, 15) is 25.2 Å². The van der Waals surface area contributed by atoms with Gasteiger partial charge in [0.05, 0.1) is 18.8 Å². The molecule has 0 spiro atoms. The first kappa shape index (κ1) is 51.8. The number of allylic oxidation sites excluding steroid dienone is 4. The maximum absolute atomic E-state index is 12.5. The molecular formula is C47H91NO5. The topological polar surface area (TPSA) is 110 Å². The third-order valence-corrected chi connectivity index (χ3v) is 10.9. The second-order valence-electron chi connectivity index (χ2n) is 16.1. The van der Waals surface area contributed by atoms with Gasteiger partial charge in [0.25, 0.3) is 0 Å². The molecule has 0 aliphatic heterocycles. The smallest absolute Gasteiger partial charge is 0.249 e. The Bertz CT molecular complexity index is 802. The molecule has 314 valence electrons. The summed E-state index contributed by atoms with van der Waals surface area (Å²) in [6.45, 7) is 4.03. The molecule has 0 radical (unpaired) electrons. The van der Waals surface area contributed by atoms with Crippen molar-refractivity contribution < 1.29 is 25.2 Å². The number of unbranched alkanes of at least 4 members (excludes halogenated alkanes) is 29. The molecule has 0 aromatic heterocycles. The molecule has 0 rings (SSSR count). The van der Waals surface area contributed by atoms with Crippen molar-refractivity contribution in [1.29, 1.82) is 0 Å². The highest BCUT2D eigenvalue weighted by atomic mass is 16.3. The lowest BCUT2D eigenvalue weighted by Gasteiger charge is -2.27. The minimum Gasteiger partial charge on any atom is -0.394 e. The number of aliphatic hydroxyl groups excluding tert-OH is 4. The molecule has 6 nitrogen and oxygen atoms in total. The van der Waals surface area contributed by atoms with Crippen molar-refractivity contribution in [2.45, 2.75) is 263 Å². The Morgan fingerprint density at radius 3 is 1.15 bits per heavy atom. The summed E-state index contributed by atoms with van der Waals surface area (Å²) in [4.78, 5) is 12.5. The van der Waals surface area contributed by atoms with Crippen LogP contribution in [0.5, 0.6) is 0 Å². The van der Waals surface area contributed by atoms with Gasteiger partial charge in [0.1, 0.15) is 12.2 Å². The van der Waals surface area contributed by atoms with Crippen LogP contribution in [-0.4, -0.2) is 57.3 Å². The van der Waals surface area contributed by atoms with Crippen molar-refractivity contribution in [1.82, 2.24) is 5.32 Å². The Morgan fingerprint density at radius 1 is 0.453 bits per heavy atom. The van der Waals surface area contributed by atoms with E-state index in [2.05, 4.69) is 43.5 Å². The van der Waals surface area contributed by atoms with Crippen molar-refractivity contribution >= 4 is 5.91 Å². The van der Waals surface area contributed by atoms with Crippen molar-refractivity contribution in [2.75, 3.05) is 6.61 Å². The summed E-state index contributed by atoms with van der Waals surface area (Å²) in [7, 11) is 0. The Morgan fingerprint density at radius 2 is 0.774 bits per heavy atom. The Labute approximate surface area is 329 Å². The van der Waals surface area contributed by atoms with Crippen molar-refractivity contribution in [3.63, 3.8) is 0 Å². The molecule has 53 heavy (non-hydrogen) atoms. The van der Waals surface area contributed by atoms with Crippen LogP contribution in [0.15, 0.2) is 24.3 Å². The van der Waals surface area contributed by atoms with Gasteiger partial charge >= 0.3 is 0 Å². The van der Waals surface area contributed by atoms with Crippen LogP contribution in [0.4, 0.5) is 0 Å². The molecule has 4 atom stereocenters. The first-order chi connectivity index (χ1) is 26.0. The molecule has 0 aromatic rings. The summed E-state index contributed by atoms with van der Waals surface area (Å²) in [6, 6.07) is -1.00. The van der Waals surface area contributed by atoms with E-state index in [4.69, 9.17) is 0 Å². The molecule has 0 heterocycles. The molecule has 0 saturated heterocycles. The summed E-state index contributed by atoms with van der Waals surface area (Å²) >= 11 is 0. The number of rotatable bonds is 42. The standard InChI is InChI=1S/C47H91NO5/c1-3-5-7-9-11-13-15-17-19-20-21-22-23-24-25-26-27-29-30-32-34-36-38-40-44(50)46(52)43(42-49)48-47(53)45(51)41-39-37-35-33-31-28-18-16-14-12-10-8-6-4-2/h14,16,32,34,43-46,49-52H,3-13,15,17-31,33,35-42H2,1-2H3,(H,48,53)/b16-14-,34-32+. The number of aliphatic hydroxyl groups is 4. The summed E-state index contributed by atoms with van der Waals surface area (Å²) in [5.74, 6) is -0.598. The zero-order valence-corrected chi connectivity index (χ0v) is 35.3. The molecule has 6 heteroatoms. The van der Waals surface area contributed by atoms with Crippen LogP contribution < -0.4 is 5.32 Å². The maximum atomic E-state index is 12.5. The number of hydrogen-bond acceptors (Lipinski definition) is 5. The molecule has 0 aliphatic carbocycles. The molecule has 0 fully saturated rings. The molecule has 0 aliphatic rings. The zero-order chi connectivity index (χ0) is 38.9. The molecule has 1 amide bonds. The second-order valence-corrected chi connectivity index (χ2v) is 16.1. The van der Waals surface area contributed by atoms with Crippen LogP contribution in [0, 0.1) is 0 Å². The van der Waals surface area contributed by atoms with E-state index in [0.29, 0.717) is 12.8 Å².